The predicted molar refractivity (Wildman–Crippen MR) is 71.0 cm³/mol. The summed E-state index contributed by atoms with van der Waals surface area (Å²) >= 11 is 0. The van der Waals surface area contributed by atoms with Gasteiger partial charge in [-0.25, -0.2) is 0 Å². The number of benzene rings is 1. The fourth-order valence-corrected chi connectivity index (χ4v) is 1.63. The van der Waals surface area contributed by atoms with Crippen LogP contribution in [0.5, 0.6) is 5.75 Å². The summed E-state index contributed by atoms with van der Waals surface area (Å²) in [6, 6.07) is 7.38. The Kier molecular flexibility index (Phi) is 5.85. The van der Waals surface area contributed by atoms with Crippen molar-refractivity contribution in [1.82, 2.24) is 4.90 Å². The normalized spacial score (nSPS) is 9.84. The molecule has 1 rings (SSSR count). The van der Waals surface area contributed by atoms with Crippen LogP contribution in [0.15, 0.2) is 24.3 Å². The quantitative estimate of drug-likeness (QED) is 0.727. The van der Waals surface area contributed by atoms with E-state index < -0.39 is 0 Å². The zero-order chi connectivity index (χ0) is 14.3. The Labute approximate surface area is 113 Å². The van der Waals surface area contributed by atoms with Crippen LogP contribution < -0.4 is 4.74 Å². The Balaban J connectivity index is 2.56. The van der Waals surface area contributed by atoms with Crippen molar-refractivity contribution < 1.29 is 19.1 Å². The number of para-hydroxylation sites is 1. The van der Waals surface area contributed by atoms with Crippen LogP contribution in [0, 0.1) is 0 Å². The number of esters is 1. The molecule has 0 aromatic heterocycles. The molecule has 0 atom stereocenters. The summed E-state index contributed by atoms with van der Waals surface area (Å²) in [6.07, 6.45) is 0.451. The molecule has 0 bridgehead atoms. The Bertz CT molecular complexity index is 445. The van der Waals surface area contributed by atoms with Gasteiger partial charge in [0.15, 0.2) is 0 Å². The first-order chi connectivity index (χ1) is 9.08. The molecule has 0 saturated heterocycles. The molecule has 0 unspecified atom stereocenters. The highest BCUT2D eigenvalue weighted by atomic mass is 16.5. The summed E-state index contributed by atoms with van der Waals surface area (Å²) in [5, 5.41) is 0. The highest BCUT2D eigenvalue weighted by Gasteiger charge is 2.13. The van der Waals surface area contributed by atoms with Gasteiger partial charge >= 0.3 is 5.97 Å². The molecule has 0 N–H and O–H groups in total. The van der Waals surface area contributed by atoms with E-state index >= 15 is 0 Å². The molecule has 0 aliphatic rings. The number of ether oxygens (including phenoxy) is 2. The first kappa shape index (κ1) is 15.0. The van der Waals surface area contributed by atoms with E-state index in [0.29, 0.717) is 12.3 Å². The van der Waals surface area contributed by atoms with Crippen molar-refractivity contribution >= 4 is 11.9 Å². The van der Waals surface area contributed by atoms with Crippen LogP contribution in [-0.2, 0) is 20.7 Å². The third-order valence-corrected chi connectivity index (χ3v) is 2.84. The fraction of sp³-hybridized carbons (Fsp3) is 0.429. The van der Waals surface area contributed by atoms with Gasteiger partial charge in [0.2, 0.25) is 5.91 Å². The molecular formula is C14H19NO4. The minimum absolute atomic E-state index is 0.0617. The maximum atomic E-state index is 12.0. The lowest BCUT2D eigenvalue weighted by atomic mass is 10.1. The number of carbonyl (C=O) groups is 2. The van der Waals surface area contributed by atoms with Gasteiger partial charge in [0.05, 0.1) is 27.1 Å². The average molecular weight is 265 g/mol. The first-order valence-corrected chi connectivity index (χ1v) is 6.01. The Morgan fingerprint density at radius 1 is 1.21 bits per heavy atom. The smallest absolute Gasteiger partial charge is 0.307 e. The Morgan fingerprint density at radius 2 is 1.89 bits per heavy atom. The van der Waals surface area contributed by atoms with Gasteiger partial charge in [0.25, 0.3) is 0 Å². The van der Waals surface area contributed by atoms with Gasteiger partial charge in [-0.15, -0.1) is 0 Å². The molecule has 1 aromatic rings. The van der Waals surface area contributed by atoms with Crippen molar-refractivity contribution in [3.05, 3.63) is 29.8 Å². The SMILES string of the molecule is COC(=O)CCN(C)C(=O)Cc1ccccc1OC. The van der Waals surface area contributed by atoms with E-state index in [9.17, 15) is 9.59 Å². The molecule has 0 radical (unpaired) electrons. The zero-order valence-electron chi connectivity index (χ0n) is 11.5. The summed E-state index contributed by atoms with van der Waals surface area (Å²) < 4.78 is 9.73. The van der Waals surface area contributed by atoms with E-state index in [1.807, 2.05) is 24.3 Å². The molecule has 0 aliphatic carbocycles. The van der Waals surface area contributed by atoms with E-state index in [0.717, 1.165) is 5.56 Å². The lowest BCUT2D eigenvalue weighted by Crippen LogP contribution is -2.30. The van der Waals surface area contributed by atoms with Gasteiger partial charge in [0, 0.05) is 19.2 Å². The van der Waals surface area contributed by atoms with Crippen LogP contribution in [0.2, 0.25) is 0 Å². The van der Waals surface area contributed by atoms with E-state index in [4.69, 9.17) is 4.74 Å². The molecule has 0 saturated carbocycles. The third-order valence-electron chi connectivity index (χ3n) is 2.84. The van der Waals surface area contributed by atoms with Gasteiger partial charge in [-0.3, -0.25) is 9.59 Å². The molecule has 1 amide bonds. The number of hydrogen-bond acceptors (Lipinski definition) is 4. The summed E-state index contributed by atoms with van der Waals surface area (Å²) in [7, 11) is 4.57. The number of methoxy groups -OCH3 is 2. The molecule has 5 nitrogen and oxygen atoms in total. The standard InChI is InChI=1S/C14H19NO4/c1-15(9-8-14(17)19-3)13(16)10-11-6-4-5-7-12(11)18-2/h4-7H,8-10H2,1-3H3. The van der Waals surface area contributed by atoms with Crippen LogP contribution in [0.3, 0.4) is 0 Å². The lowest BCUT2D eigenvalue weighted by Gasteiger charge is -2.17. The minimum atomic E-state index is -0.322. The van der Waals surface area contributed by atoms with Crippen molar-refractivity contribution in [3.63, 3.8) is 0 Å². The molecule has 0 aliphatic heterocycles. The Morgan fingerprint density at radius 3 is 2.53 bits per heavy atom. The van der Waals surface area contributed by atoms with E-state index in [-0.39, 0.29) is 24.7 Å². The number of hydrogen-bond donors (Lipinski definition) is 0. The van der Waals surface area contributed by atoms with Crippen molar-refractivity contribution in [2.24, 2.45) is 0 Å². The molecule has 19 heavy (non-hydrogen) atoms. The molecule has 0 spiro atoms. The highest BCUT2D eigenvalue weighted by Crippen LogP contribution is 2.18. The second kappa shape index (κ2) is 7.41. The summed E-state index contributed by atoms with van der Waals surface area (Å²) in [6.45, 7) is 0.348. The minimum Gasteiger partial charge on any atom is -0.496 e. The van der Waals surface area contributed by atoms with Crippen LogP contribution in [0.25, 0.3) is 0 Å². The number of rotatable bonds is 6. The van der Waals surface area contributed by atoms with E-state index in [1.165, 1.54) is 12.0 Å². The highest BCUT2D eigenvalue weighted by molar-refractivity contribution is 5.80. The van der Waals surface area contributed by atoms with Gasteiger partial charge < -0.3 is 14.4 Å². The number of carbonyl (C=O) groups excluding carboxylic acids is 2. The first-order valence-electron chi connectivity index (χ1n) is 6.01. The van der Waals surface area contributed by atoms with Crippen molar-refractivity contribution in [1.29, 1.82) is 0 Å². The van der Waals surface area contributed by atoms with Crippen LogP contribution in [0.4, 0.5) is 0 Å². The largest absolute Gasteiger partial charge is 0.496 e. The topological polar surface area (TPSA) is 55.8 Å². The molecular weight excluding hydrogens is 246 g/mol. The second-order valence-corrected chi connectivity index (χ2v) is 4.13. The Hall–Kier alpha value is -2.04. The van der Waals surface area contributed by atoms with Gasteiger partial charge in [-0.05, 0) is 6.07 Å². The summed E-state index contributed by atoms with van der Waals surface area (Å²) in [5.74, 6) is 0.308. The predicted octanol–water partition coefficient (Wildman–Crippen LogP) is 1.26. The maximum absolute atomic E-state index is 12.0. The van der Waals surface area contributed by atoms with Crippen LogP contribution >= 0.6 is 0 Å². The molecule has 104 valence electrons. The average Bonchev–Trinajstić information content (AvgIpc) is 2.44. The monoisotopic (exact) mass is 265 g/mol. The lowest BCUT2D eigenvalue weighted by molar-refractivity contribution is -0.141. The number of nitrogens with zero attached hydrogens (tertiary/aromatic N) is 1. The molecule has 5 heteroatoms. The number of likely N-dealkylation sites (N-methyl/N-ethyl adjacent to an activating group) is 1. The van der Waals surface area contributed by atoms with Crippen LogP contribution in [-0.4, -0.2) is 44.6 Å². The maximum Gasteiger partial charge on any atom is 0.307 e. The molecule has 0 heterocycles. The van der Waals surface area contributed by atoms with Gasteiger partial charge in [-0.2, -0.15) is 0 Å². The molecule has 1 aromatic carbocycles. The second-order valence-electron chi connectivity index (χ2n) is 4.13. The third kappa shape index (κ3) is 4.62. The molecule has 0 fully saturated rings. The van der Waals surface area contributed by atoms with Crippen LogP contribution in [0.1, 0.15) is 12.0 Å². The summed E-state index contributed by atoms with van der Waals surface area (Å²) in [5.41, 5.74) is 0.833. The van der Waals surface area contributed by atoms with Gasteiger partial charge in [0.1, 0.15) is 5.75 Å². The fourth-order valence-electron chi connectivity index (χ4n) is 1.63. The summed E-state index contributed by atoms with van der Waals surface area (Å²) in [4.78, 5) is 24.5. The van der Waals surface area contributed by atoms with Crippen molar-refractivity contribution in [2.45, 2.75) is 12.8 Å². The van der Waals surface area contributed by atoms with Gasteiger partial charge in [-0.1, -0.05) is 18.2 Å². The van der Waals surface area contributed by atoms with E-state index in [2.05, 4.69) is 4.74 Å². The van der Waals surface area contributed by atoms with Crippen molar-refractivity contribution in [2.75, 3.05) is 27.8 Å². The van der Waals surface area contributed by atoms with E-state index in [1.54, 1.807) is 14.2 Å². The number of amides is 1. The zero-order valence-corrected chi connectivity index (χ0v) is 11.5. The van der Waals surface area contributed by atoms with Crippen molar-refractivity contribution in [3.8, 4) is 5.75 Å².